The smallest absolute Gasteiger partial charge is 0.0682 e. The zero-order valence-corrected chi connectivity index (χ0v) is 13.4. The molecule has 1 saturated heterocycles. The van der Waals surface area contributed by atoms with Crippen LogP contribution in [0.25, 0.3) is 0 Å². The van der Waals surface area contributed by atoms with Crippen LogP contribution in [0.5, 0.6) is 0 Å². The van der Waals surface area contributed by atoms with E-state index in [2.05, 4.69) is 0 Å². The lowest BCUT2D eigenvalue weighted by atomic mass is 9.61. The molecule has 0 aromatic carbocycles. The van der Waals surface area contributed by atoms with Gasteiger partial charge in [0.2, 0.25) is 0 Å². The van der Waals surface area contributed by atoms with E-state index < -0.39 is 0 Å². The van der Waals surface area contributed by atoms with E-state index in [-0.39, 0.29) is 0 Å². The summed E-state index contributed by atoms with van der Waals surface area (Å²) >= 11 is 0. The van der Waals surface area contributed by atoms with Gasteiger partial charge in [0.15, 0.2) is 0 Å². The average Bonchev–Trinajstić information content (AvgIpc) is 2.49. The SMILES string of the molecule is C1CCC2(CC1)CCC2.C1CCC2(CC1)CCCCO2. The normalized spacial score (nSPS) is 31.2. The van der Waals surface area contributed by atoms with Crippen molar-refractivity contribution in [3.63, 3.8) is 0 Å². The molecule has 1 heterocycles. The Balaban J connectivity index is 0.000000123. The fourth-order valence-electron chi connectivity index (χ4n) is 4.98. The highest BCUT2D eigenvalue weighted by atomic mass is 16.5. The van der Waals surface area contributed by atoms with Crippen LogP contribution in [0.15, 0.2) is 0 Å². The molecule has 4 rings (SSSR count). The molecule has 4 fully saturated rings. The molecule has 1 nitrogen and oxygen atoms in total. The quantitative estimate of drug-likeness (QED) is 0.527. The van der Waals surface area contributed by atoms with E-state index in [9.17, 15) is 0 Å². The van der Waals surface area contributed by atoms with E-state index >= 15 is 0 Å². The largest absolute Gasteiger partial charge is 0.375 e. The zero-order chi connectivity index (χ0) is 13.7. The van der Waals surface area contributed by atoms with Crippen LogP contribution in [0.4, 0.5) is 0 Å². The van der Waals surface area contributed by atoms with Crippen LogP contribution in [0.2, 0.25) is 0 Å². The molecule has 0 amide bonds. The lowest BCUT2D eigenvalue weighted by Gasteiger charge is -2.45. The number of ether oxygens (including phenoxy) is 1. The number of hydrogen-bond acceptors (Lipinski definition) is 1. The molecule has 116 valence electrons. The third-order valence-electron chi connectivity index (χ3n) is 6.53. The van der Waals surface area contributed by atoms with Crippen molar-refractivity contribution in [1.82, 2.24) is 0 Å². The van der Waals surface area contributed by atoms with Crippen LogP contribution in [0.1, 0.15) is 103 Å². The van der Waals surface area contributed by atoms with Gasteiger partial charge in [0.1, 0.15) is 0 Å². The molecule has 1 heteroatoms. The molecular formula is C19H34O. The molecule has 3 saturated carbocycles. The third kappa shape index (κ3) is 3.59. The van der Waals surface area contributed by atoms with Crippen LogP contribution < -0.4 is 0 Å². The predicted octanol–water partition coefficient (Wildman–Crippen LogP) is 6.01. The summed E-state index contributed by atoms with van der Waals surface area (Å²) in [4.78, 5) is 0. The standard InChI is InChI=1S/C10H18O.C9H16/c1-2-6-10(7-3-1)8-4-5-9-11-10;1-2-5-9(6-3-1)7-4-8-9/h1-9H2;1-8H2. The molecule has 0 aromatic rings. The zero-order valence-electron chi connectivity index (χ0n) is 13.4. The van der Waals surface area contributed by atoms with Gasteiger partial charge in [0, 0.05) is 6.61 Å². The summed E-state index contributed by atoms with van der Waals surface area (Å²) in [5, 5.41) is 0. The van der Waals surface area contributed by atoms with Crippen molar-refractivity contribution in [3.8, 4) is 0 Å². The van der Waals surface area contributed by atoms with E-state index in [4.69, 9.17) is 4.74 Å². The van der Waals surface area contributed by atoms with Crippen molar-refractivity contribution in [3.05, 3.63) is 0 Å². The Hall–Kier alpha value is -0.0400. The van der Waals surface area contributed by atoms with Gasteiger partial charge in [-0.1, -0.05) is 44.9 Å². The summed E-state index contributed by atoms with van der Waals surface area (Å²) < 4.78 is 5.91. The Morgan fingerprint density at radius 3 is 1.40 bits per heavy atom. The number of rotatable bonds is 0. The van der Waals surface area contributed by atoms with Crippen LogP contribution in [0, 0.1) is 5.41 Å². The van der Waals surface area contributed by atoms with Gasteiger partial charge in [-0.25, -0.2) is 0 Å². The van der Waals surface area contributed by atoms with Crippen molar-refractivity contribution in [2.75, 3.05) is 6.61 Å². The van der Waals surface area contributed by atoms with Crippen molar-refractivity contribution in [2.45, 2.75) is 108 Å². The van der Waals surface area contributed by atoms with E-state index in [1.807, 2.05) is 0 Å². The van der Waals surface area contributed by atoms with E-state index in [1.54, 1.807) is 25.7 Å². The first-order valence-corrected chi connectivity index (χ1v) is 9.47. The molecule has 0 radical (unpaired) electrons. The van der Waals surface area contributed by atoms with Crippen molar-refractivity contribution in [1.29, 1.82) is 0 Å². The van der Waals surface area contributed by atoms with Crippen molar-refractivity contribution >= 4 is 0 Å². The lowest BCUT2D eigenvalue weighted by Crippen LogP contribution is -2.37. The summed E-state index contributed by atoms with van der Waals surface area (Å²) in [7, 11) is 0. The summed E-state index contributed by atoms with van der Waals surface area (Å²) in [5.41, 5.74) is 1.26. The van der Waals surface area contributed by atoms with E-state index in [0.29, 0.717) is 5.60 Å². The first-order valence-electron chi connectivity index (χ1n) is 9.47. The maximum atomic E-state index is 5.91. The molecule has 0 aromatic heterocycles. The van der Waals surface area contributed by atoms with Gasteiger partial charge in [0.25, 0.3) is 0 Å². The monoisotopic (exact) mass is 278 g/mol. The summed E-state index contributed by atoms with van der Waals surface area (Å²) in [6.45, 7) is 1.03. The van der Waals surface area contributed by atoms with Crippen molar-refractivity contribution in [2.24, 2.45) is 5.41 Å². The van der Waals surface area contributed by atoms with Gasteiger partial charge in [-0.2, -0.15) is 0 Å². The minimum atomic E-state index is 0.358. The highest BCUT2D eigenvalue weighted by molar-refractivity contribution is 4.89. The summed E-state index contributed by atoms with van der Waals surface area (Å²) in [5.74, 6) is 0. The van der Waals surface area contributed by atoms with Gasteiger partial charge in [0.05, 0.1) is 5.60 Å². The topological polar surface area (TPSA) is 9.23 Å². The Morgan fingerprint density at radius 2 is 0.950 bits per heavy atom. The van der Waals surface area contributed by atoms with Crippen molar-refractivity contribution < 1.29 is 4.74 Å². The molecule has 1 aliphatic heterocycles. The Bertz CT molecular complexity index is 253. The molecule has 0 N–H and O–H groups in total. The highest BCUT2D eigenvalue weighted by Gasteiger charge is 2.37. The van der Waals surface area contributed by atoms with Crippen LogP contribution in [-0.4, -0.2) is 12.2 Å². The molecule has 0 bridgehead atoms. The van der Waals surface area contributed by atoms with Crippen LogP contribution in [0.3, 0.4) is 0 Å². The predicted molar refractivity (Wildman–Crippen MR) is 85.0 cm³/mol. The summed E-state index contributed by atoms with van der Waals surface area (Å²) in [6, 6.07) is 0. The van der Waals surface area contributed by atoms with Gasteiger partial charge < -0.3 is 4.74 Å². The molecule has 0 unspecified atom stereocenters. The van der Waals surface area contributed by atoms with Gasteiger partial charge >= 0.3 is 0 Å². The van der Waals surface area contributed by atoms with Gasteiger partial charge in [-0.15, -0.1) is 0 Å². The minimum Gasteiger partial charge on any atom is -0.375 e. The first-order chi connectivity index (χ1) is 9.83. The third-order valence-corrected chi connectivity index (χ3v) is 6.53. The molecule has 2 spiro atoms. The molecule has 20 heavy (non-hydrogen) atoms. The van der Waals surface area contributed by atoms with Gasteiger partial charge in [-0.3, -0.25) is 0 Å². The van der Waals surface area contributed by atoms with Crippen LogP contribution >= 0.6 is 0 Å². The lowest BCUT2D eigenvalue weighted by molar-refractivity contribution is -0.0993. The Labute approximate surface area is 125 Å². The maximum Gasteiger partial charge on any atom is 0.0682 e. The summed E-state index contributed by atoms with van der Waals surface area (Å²) in [6.07, 6.45) is 23.3. The second kappa shape index (κ2) is 6.81. The maximum absolute atomic E-state index is 5.91. The highest BCUT2D eigenvalue weighted by Crippen LogP contribution is 2.51. The fraction of sp³-hybridized carbons (Fsp3) is 1.00. The van der Waals surface area contributed by atoms with Gasteiger partial charge in [-0.05, 0) is 63.2 Å². The second-order valence-corrected chi connectivity index (χ2v) is 7.96. The Kier molecular flexibility index (Phi) is 5.07. The second-order valence-electron chi connectivity index (χ2n) is 7.96. The average molecular weight is 278 g/mol. The molecule has 3 aliphatic carbocycles. The fourth-order valence-corrected chi connectivity index (χ4v) is 4.98. The Morgan fingerprint density at radius 1 is 0.450 bits per heavy atom. The number of hydrogen-bond donors (Lipinski definition) is 0. The first kappa shape index (κ1) is 14.9. The minimum absolute atomic E-state index is 0.358. The molecule has 0 atom stereocenters. The molecular weight excluding hydrogens is 244 g/mol. The molecule has 4 aliphatic rings. The van der Waals surface area contributed by atoms with Crippen LogP contribution in [-0.2, 0) is 4.74 Å². The van der Waals surface area contributed by atoms with E-state index in [1.165, 1.54) is 77.0 Å². The van der Waals surface area contributed by atoms with E-state index in [0.717, 1.165) is 12.0 Å².